The van der Waals surface area contributed by atoms with Gasteiger partial charge in [-0.05, 0) is 44.4 Å². The molecule has 3 aromatic rings. The second-order valence-corrected chi connectivity index (χ2v) is 9.77. The van der Waals surface area contributed by atoms with E-state index in [9.17, 15) is 9.59 Å². The van der Waals surface area contributed by atoms with Crippen LogP contribution >= 0.6 is 11.3 Å². The molecule has 0 unspecified atom stereocenters. The molecule has 8 heteroatoms. The van der Waals surface area contributed by atoms with Crippen LogP contribution in [-0.4, -0.2) is 42.1 Å². The third-order valence-electron chi connectivity index (χ3n) is 6.38. The largest absolute Gasteiger partial charge is 0.385 e. The van der Waals surface area contributed by atoms with E-state index < -0.39 is 0 Å². The third kappa shape index (κ3) is 5.28. The topological polar surface area (TPSA) is 76.5 Å². The van der Waals surface area contributed by atoms with Crippen LogP contribution in [0.5, 0.6) is 0 Å². The highest BCUT2D eigenvalue weighted by Crippen LogP contribution is 2.31. The normalized spacial score (nSPS) is 14.5. The number of carbonyl (C=O) groups is 2. The van der Waals surface area contributed by atoms with Gasteiger partial charge in [-0.15, -0.1) is 11.3 Å². The molecule has 1 fully saturated rings. The average molecular weight is 469 g/mol. The molecule has 0 spiro atoms. The summed E-state index contributed by atoms with van der Waals surface area (Å²) >= 11 is 1.46. The van der Waals surface area contributed by atoms with E-state index in [2.05, 4.69) is 14.9 Å². The van der Waals surface area contributed by atoms with Crippen LogP contribution in [0, 0.1) is 12.8 Å². The summed E-state index contributed by atoms with van der Waals surface area (Å²) in [5, 5.41) is 6.67. The van der Waals surface area contributed by atoms with Gasteiger partial charge in [0.15, 0.2) is 0 Å². The van der Waals surface area contributed by atoms with Crippen LogP contribution in [0.1, 0.15) is 54.0 Å². The van der Waals surface area contributed by atoms with Crippen LogP contribution in [0.25, 0.3) is 10.9 Å². The number of nitrogens with zero attached hydrogens (tertiary/aromatic N) is 3. The predicted octanol–water partition coefficient (Wildman–Crippen LogP) is 5.24. The van der Waals surface area contributed by atoms with Crippen molar-refractivity contribution in [3.8, 4) is 0 Å². The molecule has 7 nitrogen and oxygen atoms in total. The van der Waals surface area contributed by atoms with E-state index in [1.54, 1.807) is 17.4 Å². The number of carbonyl (C=O) groups excluding carboxylic acids is 2. The first kappa shape index (κ1) is 23.4. The molecule has 2 heterocycles. The lowest BCUT2D eigenvalue weighted by Gasteiger charge is -2.26. The number of hydrogen-bond donors (Lipinski definition) is 1. The van der Waals surface area contributed by atoms with Crippen molar-refractivity contribution < 1.29 is 14.3 Å². The van der Waals surface area contributed by atoms with Crippen LogP contribution < -0.4 is 10.2 Å². The zero-order valence-corrected chi connectivity index (χ0v) is 20.4. The molecule has 0 aliphatic heterocycles. The van der Waals surface area contributed by atoms with Crippen LogP contribution in [0.2, 0.25) is 0 Å². The van der Waals surface area contributed by atoms with Crippen LogP contribution in [0.3, 0.4) is 0 Å². The van der Waals surface area contributed by atoms with Crippen molar-refractivity contribution in [3.05, 3.63) is 40.3 Å². The summed E-state index contributed by atoms with van der Waals surface area (Å²) in [5.41, 5.74) is 2.28. The van der Waals surface area contributed by atoms with E-state index in [0.717, 1.165) is 59.5 Å². The Bertz CT molecular complexity index is 1130. The number of hydrogen-bond acceptors (Lipinski definition) is 5. The second-order valence-electron chi connectivity index (χ2n) is 8.71. The van der Waals surface area contributed by atoms with E-state index in [1.807, 2.05) is 38.2 Å². The van der Waals surface area contributed by atoms with E-state index in [4.69, 9.17) is 4.74 Å². The summed E-state index contributed by atoms with van der Waals surface area (Å²) < 4.78 is 7.33. The minimum Gasteiger partial charge on any atom is -0.385 e. The molecule has 2 aromatic heterocycles. The summed E-state index contributed by atoms with van der Waals surface area (Å²) in [7, 11) is 3.55. The van der Waals surface area contributed by atoms with Crippen LogP contribution in [0.4, 0.5) is 11.5 Å². The number of methoxy groups -OCH3 is 1. The molecule has 4 rings (SSSR count). The van der Waals surface area contributed by atoms with Gasteiger partial charge in [-0.1, -0.05) is 25.3 Å². The number of ether oxygens (including phenoxy) is 1. The van der Waals surface area contributed by atoms with Crippen molar-refractivity contribution >= 4 is 45.6 Å². The summed E-state index contributed by atoms with van der Waals surface area (Å²) in [6, 6.07) is 8.03. The smallest absolute Gasteiger partial charge is 0.276 e. The van der Waals surface area contributed by atoms with Gasteiger partial charge in [0.05, 0.1) is 10.5 Å². The summed E-state index contributed by atoms with van der Waals surface area (Å²) in [6.45, 7) is 3.20. The lowest BCUT2D eigenvalue weighted by atomic mass is 9.88. The Morgan fingerprint density at radius 1 is 1.24 bits per heavy atom. The van der Waals surface area contributed by atoms with Crippen molar-refractivity contribution in [2.45, 2.75) is 52.0 Å². The van der Waals surface area contributed by atoms with Gasteiger partial charge in [-0.3, -0.25) is 9.59 Å². The Kier molecular flexibility index (Phi) is 7.45. The Morgan fingerprint density at radius 3 is 2.73 bits per heavy atom. The number of anilines is 2. The molecule has 176 valence electrons. The zero-order chi connectivity index (χ0) is 23.4. The van der Waals surface area contributed by atoms with Crippen molar-refractivity contribution in [2.24, 2.45) is 5.92 Å². The van der Waals surface area contributed by atoms with E-state index in [0.29, 0.717) is 18.8 Å². The minimum atomic E-state index is -0.222. The molecule has 1 aliphatic carbocycles. The Hall–Kier alpha value is -2.71. The summed E-state index contributed by atoms with van der Waals surface area (Å²) in [5.74, 6) is 0.804. The highest BCUT2D eigenvalue weighted by molar-refractivity contribution is 7.09. The molecule has 1 N–H and O–H groups in total. The highest BCUT2D eigenvalue weighted by atomic mass is 32.1. The Balaban J connectivity index is 1.63. The molecule has 1 aliphatic rings. The number of nitrogens with one attached hydrogen (secondary N) is 1. The standard InChI is InChI=1S/C25H32N4O3S/c1-17-26-21(16-33-17)24(30)27-23-14-19-10-11-20(15-22(19)29(23)12-7-13-32-3)28(2)25(31)18-8-5-4-6-9-18/h10-11,14-16,18H,4-9,12-13H2,1-3H3,(H,27,30). The molecule has 33 heavy (non-hydrogen) atoms. The number of amides is 2. The first-order valence-corrected chi connectivity index (χ1v) is 12.5. The van der Waals surface area contributed by atoms with E-state index in [-0.39, 0.29) is 17.7 Å². The Labute approximate surface area is 198 Å². The summed E-state index contributed by atoms with van der Waals surface area (Å²) in [4.78, 5) is 31.9. The first-order chi connectivity index (χ1) is 16.0. The maximum atomic E-state index is 13.1. The average Bonchev–Trinajstić information content (AvgIpc) is 3.42. The fourth-order valence-electron chi connectivity index (χ4n) is 4.56. The quantitative estimate of drug-likeness (QED) is 0.459. The number of aryl methyl sites for hydroxylation is 2. The predicted molar refractivity (Wildman–Crippen MR) is 133 cm³/mol. The maximum absolute atomic E-state index is 13.1. The van der Waals surface area contributed by atoms with Gasteiger partial charge in [0, 0.05) is 49.7 Å². The Morgan fingerprint density at radius 2 is 2.03 bits per heavy atom. The van der Waals surface area contributed by atoms with Gasteiger partial charge in [0.1, 0.15) is 11.5 Å². The molecule has 1 saturated carbocycles. The number of aromatic nitrogens is 2. The van der Waals surface area contributed by atoms with Gasteiger partial charge < -0.3 is 19.5 Å². The van der Waals surface area contributed by atoms with Crippen molar-refractivity contribution in [1.29, 1.82) is 0 Å². The minimum absolute atomic E-state index is 0.115. The van der Waals surface area contributed by atoms with Gasteiger partial charge in [0.2, 0.25) is 5.91 Å². The molecule has 0 atom stereocenters. The molecule has 0 bridgehead atoms. The van der Waals surface area contributed by atoms with Crippen LogP contribution in [0.15, 0.2) is 29.6 Å². The van der Waals surface area contributed by atoms with Crippen molar-refractivity contribution in [3.63, 3.8) is 0 Å². The number of thiazole rings is 1. The fourth-order valence-corrected chi connectivity index (χ4v) is 5.15. The van der Waals surface area contributed by atoms with Crippen LogP contribution in [-0.2, 0) is 16.1 Å². The molecule has 0 saturated heterocycles. The van der Waals surface area contributed by atoms with Gasteiger partial charge in [0.25, 0.3) is 5.91 Å². The summed E-state index contributed by atoms with van der Waals surface area (Å²) in [6.07, 6.45) is 6.25. The first-order valence-electron chi connectivity index (χ1n) is 11.6. The van der Waals surface area contributed by atoms with Gasteiger partial charge >= 0.3 is 0 Å². The third-order valence-corrected chi connectivity index (χ3v) is 7.16. The lowest BCUT2D eigenvalue weighted by molar-refractivity contribution is -0.123. The SMILES string of the molecule is COCCCn1c(NC(=O)c2csc(C)n2)cc2ccc(N(C)C(=O)C3CCCCC3)cc21. The number of fused-ring (bicyclic) bond motifs is 1. The molecule has 1 aromatic carbocycles. The maximum Gasteiger partial charge on any atom is 0.276 e. The van der Waals surface area contributed by atoms with E-state index >= 15 is 0 Å². The zero-order valence-electron chi connectivity index (χ0n) is 19.6. The number of benzene rings is 1. The number of rotatable bonds is 8. The van der Waals surface area contributed by atoms with E-state index in [1.165, 1.54) is 17.8 Å². The van der Waals surface area contributed by atoms with Crippen molar-refractivity contribution in [2.75, 3.05) is 31.0 Å². The monoisotopic (exact) mass is 468 g/mol. The van der Waals surface area contributed by atoms with Gasteiger partial charge in [-0.2, -0.15) is 0 Å². The second kappa shape index (κ2) is 10.5. The fraction of sp³-hybridized carbons (Fsp3) is 0.480. The van der Waals surface area contributed by atoms with Crippen molar-refractivity contribution in [1.82, 2.24) is 9.55 Å². The molecular weight excluding hydrogens is 436 g/mol. The molecule has 0 radical (unpaired) electrons. The molecule has 2 amide bonds. The lowest BCUT2D eigenvalue weighted by Crippen LogP contribution is -2.33. The molecular formula is C25H32N4O3S. The van der Waals surface area contributed by atoms with Gasteiger partial charge in [-0.25, -0.2) is 4.98 Å². The highest BCUT2D eigenvalue weighted by Gasteiger charge is 2.25.